The van der Waals surface area contributed by atoms with E-state index in [1.54, 1.807) is 25.5 Å². The highest BCUT2D eigenvalue weighted by Crippen LogP contribution is 2.38. The van der Waals surface area contributed by atoms with Crippen molar-refractivity contribution in [3.05, 3.63) is 101 Å². The number of fused-ring (bicyclic) bond motifs is 2. The number of furan rings is 1. The summed E-state index contributed by atoms with van der Waals surface area (Å²) < 4.78 is 11.5. The molecule has 0 spiro atoms. The van der Waals surface area contributed by atoms with Crippen molar-refractivity contribution in [2.24, 2.45) is 0 Å². The summed E-state index contributed by atoms with van der Waals surface area (Å²) in [7, 11) is 1.61. The molecule has 1 aromatic heterocycles. The van der Waals surface area contributed by atoms with Crippen LogP contribution in [0, 0.1) is 6.92 Å². The molecule has 0 saturated carbocycles. The van der Waals surface area contributed by atoms with Gasteiger partial charge in [0.15, 0.2) is 0 Å². The van der Waals surface area contributed by atoms with Crippen molar-refractivity contribution in [2.45, 2.75) is 13.8 Å². The van der Waals surface area contributed by atoms with Crippen LogP contribution in [-0.4, -0.2) is 13.0 Å². The lowest BCUT2D eigenvalue weighted by Crippen LogP contribution is -2.10. The second-order valence-electron chi connectivity index (χ2n) is 8.49. The summed E-state index contributed by atoms with van der Waals surface area (Å²) in [6.45, 7) is 3.77. The molecule has 4 aromatic carbocycles. The lowest BCUT2D eigenvalue weighted by Gasteiger charge is -2.11. The van der Waals surface area contributed by atoms with E-state index in [9.17, 15) is 4.79 Å². The van der Waals surface area contributed by atoms with Crippen molar-refractivity contribution in [3.8, 4) is 16.9 Å². The number of carbonyl (C=O) groups is 1. The van der Waals surface area contributed by atoms with Gasteiger partial charge in [-0.05, 0) is 65.6 Å². The van der Waals surface area contributed by atoms with Gasteiger partial charge in [-0.2, -0.15) is 0 Å². The number of allylic oxidation sites excluding steroid dienone is 1. The molecule has 35 heavy (non-hydrogen) atoms. The SMILES string of the molecule is COc1cc2occ(-c3ccc4ccccc4c3)c2cc1/C(C)=C/C(=O)Nc1cccc(Cl)c1C. The van der Waals surface area contributed by atoms with Crippen LogP contribution in [0.15, 0.2) is 89.6 Å². The summed E-state index contributed by atoms with van der Waals surface area (Å²) in [6, 6.07) is 24.0. The fourth-order valence-electron chi connectivity index (χ4n) is 4.30. The van der Waals surface area contributed by atoms with Crippen molar-refractivity contribution in [3.63, 3.8) is 0 Å². The average Bonchev–Trinajstić information content (AvgIpc) is 3.28. The van der Waals surface area contributed by atoms with Gasteiger partial charge in [0, 0.05) is 39.4 Å². The van der Waals surface area contributed by atoms with Gasteiger partial charge in [0.05, 0.1) is 13.4 Å². The fourth-order valence-corrected chi connectivity index (χ4v) is 4.47. The van der Waals surface area contributed by atoms with E-state index >= 15 is 0 Å². The predicted octanol–water partition coefficient (Wildman–Crippen LogP) is 8.27. The van der Waals surface area contributed by atoms with Gasteiger partial charge in [0.2, 0.25) is 5.91 Å². The summed E-state index contributed by atoms with van der Waals surface area (Å²) in [6.07, 6.45) is 3.34. The molecule has 0 aliphatic rings. The second kappa shape index (κ2) is 9.32. The minimum Gasteiger partial charge on any atom is -0.496 e. The van der Waals surface area contributed by atoms with Gasteiger partial charge in [-0.1, -0.05) is 54.1 Å². The molecule has 0 unspecified atom stereocenters. The summed E-state index contributed by atoms with van der Waals surface area (Å²) >= 11 is 6.19. The topological polar surface area (TPSA) is 51.5 Å². The summed E-state index contributed by atoms with van der Waals surface area (Å²) in [5.74, 6) is 0.398. The Kier molecular flexibility index (Phi) is 6.06. The Morgan fingerprint density at radius 2 is 1.80 bits per heavy atom. The maximum atomic E-state index is 12.8. The molecular weight excluding hydrogens is 458 g/mol. The van der Waals surface area contributed by atoms with E-state index in [1.807, 2.05) is 50.2 Å². The third kappa shape index (κ3) is 4.41. The number of hydrogen-bond donors (Lipinski definition) is 1. The third-order valence-corrected chi connectivity index (χ3v) is 6.66. The number of nitrogens with one attached hydrogen (secondary N) is 1. The molecule has 0 bridgehead atoms. The van der Waals surface area contributed by atoms with E-state index in [2.05, 4.69) is 35.6 Å². The Labute approximate surface area is 208 Å². The number of carbonyl (C=O) groups excluding carboxylic acids is 1. The van der Waals surface area contributed by atoms with E-state index < -0.39 is 0 Å². The molecule has 1 N–H and O–H groups in total. The van der Waals surface area contributed by atoms with Crippen molar-refractivity contribution in [1.82, 2.24) is 0 Å². The molecule has 0 fully saturated rings. The normalized spacial score (nSPS) is 11.7. The molecule has 5 aromatic rings. The van der Waals surface area contributed by atoms with Gasteiger partial charge in [-0.25, -0.2) is 0 Å². The largest absolute Gasteiger partial charge is 0.496 e. The molecule has 174 valence electrons. The van der Waals surface area contributed by atoms with Crippen LogP contribution in [0.25, 0.3) is 38.4 Å². The zero-order valence-corrected chi connectivity index (χ0v) is 20.4. The monoisotopic (exact) mass is 481 g/mol. The first-order valence-corrected chi connectivity index (χ1v) is 11.7. The van der Waals surface area contributed by atoms with Gasteiger partial charge in [-0.15, -0.1) is 0 Å². The highest BCUT2D eigenvalue weighted by Gasteiger charge is 2.15. The molecule has 0 radical (unpaired) electrons. The fraction of sp³-hybridized carbons (Fsp3) is 0.100. The van der Waals surface area contributed by atoms with Gasteiger partial charge in [-0.3, -0.25) is 4.79 Å². The van der Waals surface area contributed by atoms with E-state index in [0.29, 0.717) is 16.5 Å². The van der Waals surface area contributed by atoms with E-state index in [4.69, 9.17) is 20.8 Å². The number of benzene rings is 4. The van der Waals surface area contributed by atoms with Gasteiger partial charge in [0.1, 0.15) is 11.3 Å². The zero-order valence-electron chi connectivity index (χ0n) is 19.7. The highest BCUT2D eigenvalue weighted by atomic mass is 35.5. The maximum absolute atomic E-state index is 12.8. The molecule has 5 rings (SSSR count). The van der Waals surface area contributed by atoms with Gasteiger partial charge in [0.25, 0.3) is 0 Å². The van der Waals surface area contributed by atoms with Crippen molar-refractivity contribution >= 4 is 50.5 Å². The standard InChI is InChI=1S/C30H24ClNO3/c1-18(13-30(33)32-27-10-6-9-26(31)19(27)2)23-15-24-25(17-35-29(24)16-28(23)34-3)22-12-11-20-7-4-5-8-21(20)14-22/h4-17H,1-3H3,(H,32,33)/b18-13+. The highest BCUT2D eigenvalue weighted by molar-refractivity contribution is 6.31. The first-order chi connectivity index (χ1) is 16.9. The van der Waals surface area contributed by atoms with Crippen LogP contribution >= 0.6 is 11.6 Å². The first-order valence-electron chi connectivity index (χ1n) is 11.3. The van der Waals surface area contributed by atoms with E-state index in [0.717, 1.165) is 44.2 Å². The van der Waals surface area contributed by atoms with Crippen molar-refractivity contribution < 1.29 is 13.9 Å². The number of amides is 1. The van der Waals surface area contributed by atoms with Crippen LogP contribution < -0.4 is 10.1 Å². The van der Waals surface area contributed by atoms with E-state index in [1.165, 1.54) is 5.39 Å². The molecule has 1 heterocycles. The third-order valence-electron chi connectivity index (χ3n) is 6.25. The first kappa shape index (κ1) is 22.8. The van der Waals surface area contributed by atoms with Crippen molar-refractivity contribution in [1.29, 1.82) is 0 Å². The number of rotatable bonds is 5. The molecule has 4 nitrogen and oxygen atoms in total. The van der Waals surface area contributed by atoms with Crippen LogP contribution in [0.2, 0.25) is 5.02 Å². The quantitative estimate of drug-likeness (QED) is 0.257. The summed E-state index contributed by atoms with van der Waals surface area (Å²) in [5.41, 5.74) is 5.87. The van der Waals surface area contributed by atoms with Crippen LogP contribution in [0.1, 0.15) is 18.1 Å². The summed E-state index contributed by atoms with van der Waals surface area (Å²) in [4.78, 5) is 12.8. The smallest absolute Gasteiger partial charge is 0.248 e. The lowest BCUT2D eigenvalue weighted by molar-refractivity contribution is -0.111. The molecule has 0 aliphatic carbocycles. The molecule has 0 saturated heterocycles. The zero-order chi connectivity index (χ0) is 24.5. The van der Waals surface area contributed by atoms with Gasteiger partial charge >= 0.3 is 0 Å². The van der Waals surface area contributed by atoms with E-state index in [-0.39, 0.29) is 5.91 Å². The average molecular weight is 482 g/mol. The van der Waals surface area contributed by atoms with Crippen LogP contribution in [0.4, 0.5) is 5.69 Å². The number of halogens is 1. The Balaban J connectivity index is 1.53. The minimum absolute atomic E-state index is 0.239. The molecule has 1 amide bonds. The van der Waals surface area contributed by atoms with Crippen LogP contribution in [0.3, 0.4) is 0 Å². The molecular formula is C30H24ClNO3. The number of anilines is 1. The molecule has 0 aliphatic heterocycles. The number of methoxy groups -OCH3 is 1. The Morgan fingerprint density at radius 1 is 1.00 bits per heavy atom. The number of ether oxygens (including phenoxy) is 1. The Morgan fingerprint density at radius 3 is 2.60 bits per heavy atom. The lowest BCUT2D eigenvalue weighted by atomic mass is 9.97. The molecule has 5 heteroatoms. The minimum atomic E-state index is -0.239. The molecule has 0 atom stereocenters. The number of hydrogen-bond acceptors (Lipinski definition) is 3. The predicted molar refractivity (Wildman–Crippen MR) is 144 cm³/mol. The summed E-state index contributed by atoms with van der Waals surface area (Å²) in [5, 5.41) is 6.83. The Hall–Kier alpha value is -4.02. The van der Waals surface area contributed by atoms with Crippen LogP contribution in [-0.2, 0) is 4.79 Å². The van der Waals surface area contributed by atoms with Gasteiger partial charge < -0.3 is 14.5 Å². The van der Waals surface area contributed by atoms with Crippen molar-refractivity contribution in [2.75, 3.05) is 12.4 Å². The second-order valence-corrected chi connectivity index (χ2v) is 8.90. The van der Waals surface area contributed by atoms with Crippen LogP contribution in [0.5, 0.6) is 5.75 Å². The Bertz CT molecular complexity index is 1610. The maximum Gasteiger partial charge on any atom is 0.248 e.